The number of allylic oxidation sites excluding steroid dienone is 1. The molecule has 0 fully saturated rings. The number of anilines is 1. The largest absolute Gasteiger partial charge is 0.380 e. The first kappa shape index (κ1) is 15.8. The van der Waals surface area contributed by atoms with Gasteiger partial charge in [-0.3, -0.25) is 0 Å². The summed E-state index contributed by atoms with van der Waals surface area (Å²) in [5.74, 6) is 0. The van der Waals surface area contributed by atoms with Crippen molar-refractivity contribution < 1.29 is 4.74 Å². The molecule has 6 heteroatoms. The van der Waals surface area contributed by atoms with E-state index in [1.54, 1.807) is 25.3 Å². The van der Waals surface area contributed by atoms with Crippen LogP contribution in [0.2, 0.25) is 5.15 Å². The molecular formula is C16H13ClN4O. The highest BCUT2D eigenvalue weighted by molar-refractivity contribution is 6.30. The van der Waals surface area contributed by atoms with Crippen LogP contribution >= 0.6 is 11.6 Å². The van der Waals surface area contributed by atoms with Gasteiger partial charge in [0.1, 0.15) is 22.9 Å². The van der Waals surface area contributed by atoms with Crippen molar-refractivity contribution in [3.63, 3.8) is 0 Å². The Morgan fingerprint density at radius 1 is 1.36 bits per heavy atom. The lowest BCUT2D eigenvalue weighted by Crippen LogP contribution is -1.97. The van der Waals surface area contributed by atoms with Crippen molar-refractivity contribution in [2.24, 2.45) is 0 Å². The van der Waals surface area contributed by atoms with Crippen molar-refractivity contribution >= 4 is 28.2 Å². The van der Waals surface area contributed by atoms with Crippen LogP contribution in [0, 0.1) is 29.6 Å². The third-order valence-electron chi connectivity index (χ3n) is 3.12. The van der Waals surface area contributed by atoms with E-state index in [2.05, 4.69) is 10.3 Å². The van der Waals surface area contributed by atoms with E-state index in [4.69, 9.17) is 26.9 Å². The van der Waals surface area contributed by atoms with Gasteiger partial charge in [-0.25, -0.2) is 4.98 Å². The van der Waals surface area contributed by atoms with Crippen LogP contribution < -0.4 is 5.32 Å². The Labute approximate surface area is 133 Å². The van der Waals surface area contributed by atoms with Crippen LogP contribution in [0.3, 0.4) is 0 Å². The topological polar surface area (TPSA) is 81.7 Å². The molecule has 1 N–H and O–H groups in total. The number of pyridine rings is 1. The van der Waals surface area contributed by atoms with Crippen LogP contribution in [0.5, 0.6) is 0 Å². The van der Waals surface area contributed by atoms with Crippen LogP contribution in [0.15, 0.2) is 30.0 Å². The SMILES string of the molecule is COCc1cc(Cl)nc2cc(NC=C(C#N)C#N)c(C)cc12. The first-order valence-corrected chi connectivity index (χ1v) is 6.82. The highest BCUT2D eigenvalue weighted by Gasteiger charge is 2.08. The maximum atomic E-state index is 8.75. The van der Waals surface area contributed by atoms with E-state index in [-0.39, 0.29) is 5.57 Å². The van der Waals surface area contributed by atoms with Crippen LogP contribution in [0.25, 0.3) is 10.9 Å². The molecule has 0 saturated carbocycles. The molecule has 0 aliphatic heterocycles. The minimum Gasteiger partial charge on any atom is -0.380 e. The molecule has 0 spiro atoms. The number of halogens is 1. The molecule has 0 amide bonds. The molecule has 0 unspecified atom stereocenters. The van der Waals surface area contributed by atoms with Gasteiger partial charge < -0.3 is 10.1 Å². The Hall–Kier alpha value is -2.60. The van der Waals surface area contributed by atoms with Gasteiger partial charge in [0.05, 0.1) is 12.1 Å². The lowest BCUT2D eigenvalue weighted by Gasteiger charge is -2.11. The zero-order valence-corrected chi connectivity index (χ0v) is 12.9. The monoisotopic (exact) mass is 312 g/mol. The molecule has 2 rings (SSSR count). The van der Waals surface area contributed by atoms with Crippen molar-refractivity contribution in [3.8, 4) is 12.1 Å². The summed E-state index contributed by atoms with van der Waals surface area (Å²) in [5, 5.41) is 21.8. The fraction of sp³-hybridized carbons (Fsp3) is 0.188. The molecule has 22 heavy (non-hydrogen) atoms. The number of rotatable bonds is 4. The molecule has 0 aliphatic carbocycles. The normalized spacial score (nSPS) is 9.86. The second-order valence-electron chi connectivity index (χ2n) is 4.65. The van der Waals surface area contributed by atoms with Crippen LogP contribution in [0.1, 0.15) is 11.1 Å². The molecule has 0 bridgehead atoms. The average Bonchev–Trinajstić information content (AvgIpc) is 2.49. The third-order valence-corrected chi connectivity index (χ3v) is 3.32. The first-order valence-electron chi connectivity index (χ1n) is 6.44. The number of fused-ring (bicyclic) bond motifs is 1. The van der Waals surface area contributed by atoms with Crippen molar-refractivity contribution in [3.05, 3.63) is 46.3 Å². The van der Waals surface area contributed by atoms with E-state index in [1.807, 2.05) is 19.1 Å². The van der Waals surface area contributed by atoms with Crippen molar-refractivity contribution in [2.75, 3.05) is 12.4 Å². The van der Waals surface area contributed by atoms with Crippen LogP contribution in [-0.4, -0.2) is 12.1 Å². The van der Waals surface area contributed by atoms with Gasteiger partial charge in [0.25, 0.3) is 0 Å². The fourth-order valence-electron chi connectivity index (χ4n) is 2.08. The highest BCUT2D eigenvalue weighted by atomic mass is 35.5. The second kappa shape index (κ2) is 6.91. The quantitative estimate of drug-likeness (QED) is 0.687. The summed E-state index contributed by atoms with van der Waals surface area (Å²) >= 11 is 6.04. The van der Waals surface area contributed by atoms with E-state index >= 15 is 0 Å². The van der Waals surface area contributed by atoms with Crippen LogP contribution in [-0.2, 0) is 11.3 Å². The number of hydrogen-bond acceptors (Lipinski definition) is 5. The average molecular weight is 313 g/mol. The maximum Gasteiger partial charge on any atom is 0.145 e. The summed E-state index contributed by atoms with van der Waals surface area (Å²) in [4.78, 5) is 4.31. The summed E-state index contributed by atoms with van der Waals surface area (Å²) < 4.78 is 5.19. The first-order chi connectivity index (χ1) is 10.6. The van der Waals surface area contributed by atoms with Gasteiger partial charge in [-0.1, -0.05) is 11.6 Å². The number of ether oxygens (including phenoxy) is 1. The summed E-state index contributed by atoms with van der Waals surface area (Å²) in [6.07, 6.45) is 1.37. The minimum absolute atomic E-state index is 0.00128. The predicted octanol–water partition coefficient (Wildman–Crippen LogP) is 3.69. The lowest BCUT2D eigenvalue weighted by atomic mass is 10.1. The fourth-order valence-corrected chi connectivity index (χ4v) is 2.31. The molecule has 2 aromatic rings. The zero-order chi connectivity index (χ0) is 16.1. The Bertz CT molecular complexity index is 815. The van der Waals surface area contributed by atoms with Crippen molar-refractivity contribution in [1.82, 2.24) is 4.98 Å². The number of benzene rings is 1. The molecule has 110 valence electrons. The molecule has 1 aromatic heterocycles. The molecule has 0 aliphatic rings. The summed E-state index contributed by atoms with van der Waals surface area (Å²) in [6, 6.07) is 9.18. The van der Waals surface area contributed by atoms with Gasteiger partial charge in [-0.2, -0.15) is 10.5 Å². The molecule has 0 radical (unpaired) electrons. The molecule has 1 heterocycles. The molecule has 0 saturated heterocycles. The Morgan fingerprint density at radius 2 is 2.09 bits per heavy atom. The molecular weight excluding hydrogens is 300 g/mol. The van der Waals surface area contributed by atoms with Gasteiger partial charge in [-0.05, 0) is 36.2 Å². The summed E-state index contributed by atoms with van der Waals surface area (Å²) in [7, 11) is 1.62. The van der Waals surface area contributed by atoms with Gasteiger partial charge in [0, 0.05) is 24.4 Å². The Balaban J connectivity index is 2.52. The number of aryl methyl sites for hydroxylation is 1. The van der Waals surface area contributed by atoms with Crippen molar-refractivity contribution in [1.29, 1.82) is 10.5 Å². The number of nitrogens with zero attached hydrogens (tertiary/aromatic N) is 3. The van der Waals surface area contributed by atoms with Crippen molar-refractivity contribution in [2.45, 2.75) is 13.5 Å². The Kier molecular flexibility index (Phi) is 4.95. The van der Waals surface area contributed by atoms with Gasteiger partial charge >= 0.3 is 0 Å². The minimum atomic E-state index is -0.00128. The van der Waals surface area contributed by atoms with Crippen LogP contribution in [0.4, 0.5) is 5.69 Å². The van der Waals surface area contributed by atoms with E-state index in [9.17, 15) is 0 Å². The lowest BCUT2D eigenvalue weighted by molar-refractivity contribution is 0.186. The Morgan fingerprint density at radius 3 is 2.73 bits per heavy atom. The number of nitriles is 2. The van der Waals surface area contributed by atoms with E-state index < -0.39 is 0 Å². The standard InChI is InChI=1S/C16H13ClN4O/c1-10-3-13-12(9-22-2)4-16(17)21-15(13)5-14(10)20-8-11(6-18)7-19/h3-5,8,20H,9H2,1-2H3. The number of methoxy groups -OCH3 is 1. The smallest absolute Gasteiger partial charge is 0.145 e. The summed E-state index contributed by atoms with van der Waals surface area (Å²) in [5.41, 5.74) is 3.39. The number of aromatic nitrogens is 1. The third kappa shape index (κ3) is 3.35. The predicted molar refractivity (Wildman–Crippen MR) is 85.1 cm³/mol. The second-order valence-corrected chi connectivity index (χ2v) is 5.03. The molecule has 5 nitrogen and oxygen atoms in total. The highest BCUT2D eigenvalue weighted by Crippen LogP contribution is 2.27. The van der Waals surface area contributed by atoms with E-state index in [0.717, 1.165) is 27.7 Å². The number of hydrogen-bond donors (Lipinski definition) is 1. The molecule has 0 atom stereocenters. The number of nitrogens with one attached hydrogen (secondary N) is 1. The van der Waals surface area contributed by atoms with Gasteiger partial charge in [-0.15, -0.1) is 0 Å². The van der Waals surface area contributed by atoms with E-state index in [1.165, 1.54) is 6.20 Å². The zero-order valence-electron chi connectivity index (χ0n) is 12.1. The van der Waals surface area contributed by atoms with E-state index in [0.29, 0.717) is 11.8 Å². The maximum absolute atomic E-state index is 8.75. The van der Waals surface area contributed by atoms with Gasteiger partial charge in [0.15, 0.2) is 0 Å². The van der Waals surface area contributed by atoms with Gasteiger partial charge in [0.2, 0.25) is 0 Å². The summed E-state index contributed by atoms with van der Waals surface area (Å²) in [6.45, 7) is 2.37. The molecule has 1 aromatic carbocycles.